The Bertz CT molecular complexity index is 668. The average Bonchev–Trinajstić information content (AvgIpc) is 2.55. The molecule has 3 rings (SSSR count). The Balaban J connectivity index is 1.51. The highest BCUT2D eigenvalue weighted by molar-refractivity contribution is 7.80. The molecule has 1 aromatic heterocycles. The number of aromatic nitrogens is 1. The number of piperidine rings is 1. The van der Waals surface area contributed by atoms with E-state index in [1.165, 1.54) is 30.4 Å². The van der Waals surface area contributed by atoms with Gasteiger partial charge in [0.1, 0.15) is 0 Å². The van der Waals surface area contributed by atoms with E-state index in [0.717, 1.165) is 41.8 Å². The quantitative estimate of drug-likeness (QED) is 0.762. The largest absolute Gasteiger partial charge is 0.366 e. The molecule has 0 aliphatic carbocycles. The molecular formula is C21H26N2S. The van der Waals surface area contributed by atoms with Gasteiger partial charge in [-0.3, -0.25) is 4.98 Å². The number of thiocarbonyl (C=S) groups is 1. The molecule has 0 unspecified atom stereocenters. The zero-order chi connectivity index (χ0) is 16.9. The lowest BCUT2D eigenvalue weighted by Crippen LogP contribution is -2.38. The van der Waals surface area contributed by atoms with Crippen LogP contribution in [0, 0.1) is 19.8 Å². The summed E-state index contributed by atoms with van der Waals surface area (Å²) in [5, 5.41) is 0. The van der Waals surface area contributed by atoms with Crippen LogP contribution in [0.4, 0.5) is 0 Å². The van der Waals surface area contributed by atoms with Gasteiger partial charge in [0.25, 0.3) is 0 Å². The van der Waals surface area contributed by atoms with E-state index in [4.69, 9.17) is 12.2 Å². The highest BCUT2D eigenvalue weighted by Gasteiger charge is 2.21. The minimum absolute atomic E-state index is 0.783. The first-order valence-corrected chi connectivity index (χ1v) is 9.27. The molecule has 0 amide bonds. The lowest BCUT2D eigenvalue weighted by Gasteiger charge is -2.34. The summed E-state index contributed by atoms with van der Waals surface area (Å²) in [7, 11) is 0. The third-order valence-electron chi connectivity index (χ3n) is 4.82. The molecule has 0 radical (unpaired) electrons. The summed E-state index contributed by atoms with van der Waals surface area (Å²) in [5.41, 5.74) is 4.90. The highest BCUT2D eigenvalue weighted by Crippen LogP contribution is 2.22. The second-order valence-corrected chi connectivity index (χ2v) is 7.44. The summed E-state index contributed by atoms with van der Waals surface area (Å²) >= 11 is 5.70. The van der Waals surface area contributed by atoms with Crippen molar-refractivity contribution in [2.75, 3.05) is 13.1 Å². The van der Waals surface area contributed by atoms with Crippen LogP contribution >= 0.6 is 12.2 Å². The monoisotopic (exact) mass is 338 g/mol. The predicted molar refractivity (Wildman–Crippen MR) is 104 cm³/mol. The lowest BCUT2D eigenvalue weighted by atomic mass is 9.90. The molecule has 1 aliphatic rings. The average molecular weight is 339 g/mol. The van der Waals surface area contributed by atoms with Crippen molar-refractivity contribution in [2.24, 2.45) is 5.92 Å². The van der Waals surface area contributed by atoms with Crippen LogP contribution in [-0.4, -0.2) is 28.0 Å². The van der Waals surface area contributed by atoms with Crippen molar-refractivity contribution in [1.82, 2.24) is 9.88 Å². The SMILES string of the molecule is Cc1cc(C)nc(CC(=S)N2CCC(Cc3ccccc3)CC2)c1. The summed E-state index contributed by atoms with van der Waals surface area (Å²) in [6.07, 6.45) is 4.45. The van der Waals surface area contributed by atoms with Crippen molar-refractivity contribution in [3.05, 3.63) is 65.0 Å². The Morgan fingerprint density at radius 1 is 1.12 bits per heavy atom. The molecule has 0 bridgehead atoms. The smallest absolute Gasteiger partial charge is 0.0839 e. The number of nitrogens with zero attached hydrogens (tertiary/aromatic N) is 2. The van der Waals surface area contributed by atoms with Crippen LogP contribution in [0.3, 0.4) is 0 Å². The molecule has 3 heteroatoms. The third kappa shape index (κ3) is 4.64. The topological polar surface area (TPSA) is 16.1 Å². The number of hydrogen-bond acceptors (Lipinski definition) is 2. The van der Waals surface area contributed by atoms with Gasteiger partial charge in [0.05, 0.1) is 4.99 Å². The molecule has 0 atom stereocenters. The second-order valence-electron chi connectivity index (χ2n) is 6.97. The fourth-order valence-corrected chi connectivity index (χ4v) is 3.95. The van der Waals surface area contributed by atoms with Crippen LogP contribution in [0.2, 0.25) is 0 Å². The van der Waals surface area contributed by atoms with Crippen LogP contribution in [0.1, 0.15) is 35.4 Å². The van der Waals surface area contributed by atoms with Gasteiger partial charge in [-0.25, -0.2) is 0 Å². The second kappa shape index (κ2) is 7.89. The first-order valence-electron chi connectivity index (χ1n) is 8.86. The number of pyridine rings is 1. The van der Waals surface area contributed by atoms with Crippen LogP contribution in [0.25, 0.3) is 0 Å². The van der Waals surface area contributed by atoms with E-state index in [9.17, 15) is 0 Å². The minimum atomic E-state index is 0.783. The number of hydrogen-bond donors (Lipinski definition) is 0. The van der Waals surface area contributed by atoms with Gasteiger partial charge in [0, 0.05) is 30.9 Å². The van der Waals surface area contributed by atoms with Gasteiger partial charge < -0.3 is 4.90 Å². The molecule has 0 N–H and O–H groups in total. The number of benzene rings is 1. The standard InChI is InChI=1S/C21H26N2S/c1-16-12-17(2)22-20(13-16)15-21(24)23-10-8-19(9-11-23)14-18-6-4-3-5-7-18/h3-7,12-13,19H,8-11,14-15H2,1-2H3. The Kier molecular flexibility index (Phi) is 5.62. The fraction of sp³-hybridized carbons (Fsp3) is 0.429. The van der Waals surface area contributed by atoms with Crippen molar-refractivity contribution < 1.29 is 0 Å². The van der Waals surface area contributed by atoms with E-state index in [2.05, 4.69) is 66.2 Å². The van der Waals surface area contributed by atoms with Crippen LogP contribution in [0.15, 0.2) is 42.5 Å². The molecule has 0 saturated carbocycles. The first-order chi connectivity index (χ1) is 11.6. The van der Waals surface area contributed by atoms with Crippen molar-refractivity contribution in [3.8, 4) is 0 Å². The lowest BCUT2D eigenvalue weighted by molar-refractivity contribution is 0.266. The van der Waals surface area contributed by atoms with Gasteiger partial charge in [-0.15, -0.1) is 0 Å². The number of aryl methyl sites for hydroxylation is 2. The Hall–Kier alpha value is -1.74. The summed E-state index contributed by atoms with van der Waals surface area (Å²) in [4.78, 5) is 8.06. The molecule has 1 aromatic carbocycles. The predicted octanol–water partition coefficient (Wildman–Crippen LogP) is 4.52. The third-order valence-corrected chi connectivity index (χ3v) is 5.22. The van der Waals surface area contributed by atoms with E-state index < -0.39 is 0 Å². The maximum Gasteiger partial charge on any atom is 0.0839 e. The van der Waals surface area contributed by atoms with E-state index in [1.807, 2.05) is 0 Å². The number of likely N-dealkylation sites (tertiary alicyclic amines) is 1. The van der Waals surface area contributed by atoms with Crippen molar-refractivity contribution >= 4 is 17.2 Å². The Morgan fingerprint density at radius 2 is 1.83 bits per heavy atom. The minimum Gasteiger partial charge on any atom is -0.366 e. The Labute approximate surface area is 150 Å². The van der Waals surface area contributed by atoms with Gasteiger partial charge >= 0.3 is 0 Å². The van der Waals surface area contributed by atoms with Gasteiger partial charge in [-0.05, 0) is 62.3 Å². The summed E-state index contributed by atoms with van der Waals surface area (Å²) in [6, 6.07) is 15.1. The zero-order valence-electron chi connectivity index (χ0n) is 14.7. The molecule has 1 saturated heterocycles. The molecule has 126 valence electrons. The van der Waals surface area contributed by atoms with E-state index in [0.29, 0.717) is 0 Å². The van der Waals surface area contributed by atoms with Gasteiger partial charge in [-0.2, -0.15) is 0 Å². The van der Waals surface area contributed by atoms with Crippen LogP contribution in [0.5, 0.6) is 0 Å². The molecule has 24 heavy (non-hydrogen) atoms. The zero-order valence-corrected chi connectivity index (χ0v) is 15.5. The maximum atomic E-state index is 5.70. The van der Waals surface area contributed by atoms with Crippen molar-refractivity contribution in [1.29, 1.82) is 0 Å². The van der Waals surface area contributed by atoms with Gasteiger partial charge in [0.15, 0.2) is 0 Å². The number of rotatable bonds is 4. The molecule has 2 aromatic rings. The molecule has 2 heterocycles. The van der Waals surface area contributed by atoms with Crippen molar-refractivity contribution in [2.45, 2.75) is 39.5 Å². The first kappa shape index (κ1) is 17.1. The van der Waals surface area contributed by atoms with E-state index >= 15 is 0 Å². The Morgan fingerprint density at radius 3 is 2.50 bits per heavy atom. The summed E-state index contributed by atoms with van der Waals surface area (Å²) in [5.74, 6) is 0.783. The molecule has 1 fully saturated rings. The molecule has 0 spiro atoms. The molecule has 2 nitrogen and oxygen atoms in total. The van der Waals surface area contributed by atoms with Crippen molar-refractivity contribution in [3.63, 3.8) is 0 Å². The molecule has 1 aliphatic heterocycles. The van der Waals surface area contributed by atoms with Crippen LogP contribution in [-0.2, 0) is 12.8 Å². The summed E-state index contributed by atoms with van der Waals surface area (Å²) in [6.45, 7) is 6.34. The normalized spacial score (nSPS) is 15.5. The van der Waals surface area contributed by atoms with E-state index in [1.54, 1.807) is 0 Å². The van der Waals surface area contributed by atoms with Gasteiger partial charge in [-0.1, -0.05) is 42.5 Å². The molecular weight excluding hydrogens is 312 g/mol. The van der Waals surface area contributed by atoms with E-state index in [-0.39, 0.29) is 0 Å². The maximum absolute atomic E-state index is 5.70. The fourth-order valence-electron chi connectivity index (χ4n) is 3.62. The summed E-state index contributed by atoms with van der Waals surface area (Å²) < 4.78 is 0. The van der Waals surface area contributed by atoms with Gasteiger partial charge in [0.2, 0.25) is 0 Å². The highest BCUT2D eigenvalue weighted by atomic mass is 32.1. The van der Waals surface area contributed by atoms with Crippen LogP contribution < -0.4 is 0 Å².